The van der Waals surface area contributed by atoms with E-state index in [2.05, 4.69) is 0 Å². The van der Waals surface area contributed by atoms with Crippen LogP contribution < -0.4 is 4.90 Å². The third-order valence-corrected chi connectivity index (χ3v) is 6.19. The molecular weight excluding hydrogens is 413 g/mol. The first-order valence-electron chi connectivity index (χ1n) is 8.90. The minimum absolute atomic E-state index is 0.0485. The number of nitrogens with zero attached hydrogens (tertiary/aromatic N) is 1. The molecule has 2 bridgehead atoms. The van der Waals surface area contributed by atoms with E-state index >= 15 is 0 Å². The molecule has 10 heteroatoms. The van der Waals surface area contributed by atoms with Crippen molar-refractivity contribution in [1.29, 1.82) is 0 Å². The zero-order valence-corrected chi connectivity index (χ0v) is 14.8. The van der Waals surface area contributed by atoms with Gasteiger partial charge < -0.3 is 5.11 Å². The van der Waals surface area contributed by atoms with Crippen molar-refractivity contribution in [1.82, 2.24) is 0 Å². The Morgan fingerprint density at radius 3 is 2.03 bits per heavy atom. The van der Waals surface area contributed by atoms with Crippen LogP contribution in [0.15, 0.2) is 18.2 Å². The minimum Gasteiger partial charge on any atom is -0.508 e. The summed E-state index contributed by atoms with van der Waals surface area (Å²) in [4.78, 5) is 38.6. The Labute approximate surface area is 164 Å². The van der Waals surface area contributed by atoms with Gasteiger partial charge in [0.25, 0.3) is 0 Å². The third kappa shape index (κ3) is 2.03. The molecule has 154 valence electrons. The zero-order chi connectivity index (χ0) is 21.6. The SMILES string of the molecule is O=C1C[C@H]2c3c(O)cccc3[C@@H]1[C@H]1C(=O)N(c3c(F)c(F)c(F)c(F)c3F)C(=O)[C@H]12. The first-order valence-corrected chi connectivity index (χ1v) is 8.90. The Morgan fingerprint density at radius 1 is 0.833 bits per heavy atom. The fraction of sp³-hybridized carbons (Fsp3) is 0.250. The van der Waals surface area contributed by atoms with Crippen molar-refractivity contribution >= 4 is 23.3 Å². The molecule has 0 aromatic heterocycles. The number of rotatable bonds is 1. The Hall–Kier alpha value is -3.30. The molecule has 2 aromatic rings. The van der Waals surface area contributed by atoms with Crippen molar-refractivity contribution < 1.29 is 41.4 Å². The van der Waals surface area contributed by atoms with E-state index < -0.39 is 76.0 Å². The number of hydrogen-bond acceptors (Lipinski definition) is 4. The standard InChI is InChI=1S/C20H10F5NO4/c21-13-14(22)16(24)18(17(25)15(13)23)26-19(29)11-6-4-8(28)10(12(11)20(26)30)5-2-1-3-7(27)9(5)6/h1-3,6,10-12,27H,4H2/t6-,10-,11-,12+/m0/s1. The summed E-state index contributed by atoms with van der Waals surface area (Å²) < 4.78 is 69.4. The third-order valence-electron chi connectivity index (χ3n) is 6.19. The van der Waals surface area contributed by atoms with Gasteiger partial charge in [-0.25, -0.2) is 26.9 Å². The van der Waals surface area contributed by atoms with E-state index in [1.807, 2.05) is 0 Å². The van der Waals surface area contributed by atoms with Crippen LogP contribution in [0.2, 0.25) is 0 Å². The first-order chi connectivity index (χ1) is 14.2. The van der Waals surface area contributed by atoms with E-state index in [0.717, 1.165) is 0 Å². The van der Waals surface area contributed by atoms with Gasteiger partial charge in [0.05, 0.1) is 17.8 Å². The van der Waals surface area contributed by atoms with Crippen molar-refractivity contribution in [3.8, 4) is 5.75 Å². The average Bonchev–Trinajstić information content (AvgIpc) is 2.97. The van der Waals surface area contributed by atoms with Gasteiger partial charge in [-0.15, -0.1) is 0 Å². The molecule has 1 heterocycles. The van der Waals surface area contributed by atoms with Crippen LogP contribution in [-0.4, -0.2) is 22.7 Å². The number of imide groups is 1. The van der Waals surface area contributed by atoms with Gasteiger partial charge in [0.2, 0.25) is 17.6 Å². The molecule has 0 unspecified atom stereocenters. The van der Waals surface area contributed by atoms with E-state index in [-0.39, 0.29) is 22.6 Å². The van der Waals surface area contributed by atoms with Crippen LogP contribution in [0.5, 0.6) is 5.75 Å². The molecule has 4 atom stereocenters. The second-order valence-electron chi connectivity index (χ2n) is 7.52. The molecule has 2 fully saturated rings. The van der Waals surface area contributed by atoms with E-state index in [9.17, 15) is 41.4 Å². The first kappa shape index (κ1) is 18.7. The smallest absolute Gasteiger partial charge is 0.238 e. The Balaban J connectivity index is 1.72. The van der Waals surface area contributed by atoms with Crippen molar-refractivity contribution in [3.63, 3.8) is 0 Å². The number of ketones is 1. The summed E-state index contributed by atoms with van der Waals surface area (Å²) in [5, 5.41) is 10.2. The van der Waals surface area contributed by atoms with Crippen LogP contribution in [0, 0.1) is 40.9 Å². The number of aromatic hydroxyl groups is 1. The van der Waals surface area contributed by atoms with Crippen molar-refractivity contribution in [2.45, 2.75) is 18.3 Å². The summed E-state index contributed by atoms with van der Waals surface area (Å²) in [5.41, 5.74) is -1.06. The molecule has 4 aliphatic rings. The summed E-state index contributed by atoms with van der Waals surface area (Å²) in [6, 6.07) is 4.28. The van der Waals surface area contributed by atoms with Crippen LogP contribution in [0.3, 0.4) is 0 Å². The zero-order valence-electron chi connectivity index (χ0n) is 14.8. The summed E-state index contributed by atoms with van der Waals surface area (Å²) >= 11 is 0. The number of anilines is 1. The number of benzene rings is 2. The lowest BCUT2D eigenvalue weighted by Gasteiger charge is -2.43. The molecule has 2 amide bonds. The molecule has 1 N–H and O–H groups in total. The highest BCUT2D eigenvalue weighted by atomic mass is 19.2. The van der Waals surface area contributed by atoms with Crippen molar-refractivity contribution in [2.75, 3.05) is 4.90 Å². The summed E-state index contributed by atoms with van der Waals surface area (Å²) in [5.74, 6) is -19.4. The number of carbonyl (C=O) groups excluding carboxylic acids is 3. The van der Waals surface area contributed by atoms with Crippen LogP contribution in [0.4, 0.5) is 27.6 Å². The maximum Gasteiger partial charge on any atom is 0.238 e. The molecule has 1 saturated heterocycles. The molecule has 1 saturated carbocycles. The number of fused-ring (bicyclic) bond motifs is 1. The van der Waals surface area contributed by atoms with Gasteiger partial charge in [-0.1, -0.05) is 12.1 Å². The quantitative estimate of drug-likeness (QED) is 0.331. The number of amides is 2. The monoisotopic (exact) mass is 423 g/mol. The number of Topliss-reactive ketones (excluding diaryl/α,β-unsaturated/α-hetero) is 1. The predicted molar refractivity (Wildman–Crippen MR) is 88.9 cm³/mol. The average molecular weight is 423 g/mol. The van der Waals surface area contributed by atoms with Crippen LogP contribution in [0.25, 0.3) is 0 Å². The van der Waals surface area contributed by atoms with Crippen LogP contribution >= 0.6 is 0 Å². The van der Waals surface area contributed by atoms with Crippen molar-refractivity contribution in [3.05, 3.63) is 58.4 Å². The van der Waals surface area contributed by atoms with Gasteiger partial charge in [0.1, 0.15) is 17.2 Å². The number of phenolic OH excluding ortho intramolecular Hbond substituents is 1. The number of halogens is 5. The highest BCUT2D eigenvalue weighted by molar-refractivity contribution is 6.25. The van der Waals surface area contributed by atoms with Crippen LogP contribution in [0.1, 0.15) is 29.4 Å². The molecule has 0 radical (unpaired) electrons. The predicted octanol–water partition coefficient (Wildman–Crippen LogP) is 3.05. The lowest BCUT2D eigenvalue weighted by molar-refractivity contribution is -0.134. The summed E-state index contributed by atoms with van der Waals surface area (Å²) in [6.45, 7) is 0. The topological polar surface area (TPSA) is 74.7 Å². The van der Waals surface area contributed by atoms with Gasteiger partial charge in [0, 0.05) is 17.9 Å². The largest absolute Gasteiger partial charge is 0.508 e. The van der Waals surface area contributed by atoms with Gasteiger partial charge in [0.15, 0.2) is 23.3 Å². The molecule has 1 aliphatic heterocycles. The van der Waals surface area contributed by atoms with E-state index in [1.165, 1.54) is 18.2 Å². The van der Waals surface area contributed by atoms with Gasteiger partial charge in [-0.3, -0.25) is 14.4 Å². The fourth-order valence-electron chi connectivity index (χ4n) is 5.06. The minimum atomic E-state index is -2.42. The lowest BCUT2D eigenvalue weighted by atomic mass is 9.56. The van der Waals surface area contributed by atoms with Gasteiger partial charge >= 0.3 is 0 Å². The van der Waals surface area contributed by atoms with E-state index in [4.69, 9.17) is 0 Å². The molecule has 6 rings (SSSR count). The molecule has 0 spiro atoms. The molecular formula is C20H10F5NO4. The number of phenols is 1. The Bertz CT molecular complexity index is 1170. The normalized spacial score (nSPS) is 27.0. The highest BCUT2D eigenvalue weighted by Crippen LogP contribution is 2.59. The van der Waals surface area contributed by atoms with Crippen molar-refractivity contribution in [2.24, 2.45) is 11.8 Å². The summed E-state index contributed by atoms with van der Waals surface area (Å²) in [6.07, 6.45) is -0.194. The lowest BCUT2D eigenvalue weighted by Crippen LogP contribution is -2.45. The van der Waals surface area contributed by atoms with Gasteiger partial charge in [-0.05, 0) is 11.6 Å². The Morgan fingerprint density at radius 2 is 1.40 bits per heavy atom. The highest BCUT2D eigenvalue weighted by Gasteiger charge is 2.64. The van der Waals surface area contributed by atoms with E-state index in [1.54, 1.807) is 0 Å². The maximum absolute atomic E-state index is 14.3. The van der Waals surface area contributed by atoms with Gasteiger partial charge in [-0.2, -0.15) is 0 Å². The maximum atomic E-state index is 14.3. The second-order valence-corrected chi connectivity index (χ2v) is 7.52. The number of carbonyl (C=O) groups is 3. The molecule has 2 aromatic carbocycles. The van der Waals surface area contributed by atoms with E-state index in [0.29, 0.717) is 5.56 Å². The molecule has 30 heavy (non-hydrogen) atoms. The Kier molecular flexibility index (Phi) is 3.66. The summed E-state index contributed by atoms with van der Waals surface area (Å²) in [7, 11) is 0. The molecule has 5 nitrogen and oxygen atoms in total. The number of hydrogen-bond donors (Lipinski definition) is 1. The fourth-order valence-corrected chi connectivity index (χ4v) is 5.06. The second kappa shape index (κ2) is 5.87. The van der Waals surface area contributed by atoms with Crippen LogP contribution in [-0.2, 0) is 14.4 Å². The molecule has 3 aliphatic carbocycles.